The summed E-state index contributed by atoms with van der Waals surface area (Å²) < 4.78 is 5.56. The second-order valence-electron chi connectivity index (χ2n) is 6.82. The van der Waals surface area contributed by atoms with Crippen LogP contribution in [0.5, 0.6) is 0 Å². The molecule has 0 radical (unpaired) electrons. The number of rotatable bonds is 4. The first-order valence-corrected chi connectivity index (χ1v) is 8.56. The summed E-state index contributed by atoms with van der Waals surface area (Å²) in [5.41, 5.74) is 0. The molecule has 2 N–H and O–H groups in total. The molecule has 124 valence electrons. The summed E-state index contributed by atoms with van der Waals surface area (Å²) in [4.78, 5) is 26.8. The zero-order valence-electron chi connectivity index (χ0n) is 13.3. The highest BCUT2D eigenvalue weighted by atomic mass is 16.5. The molecule has 6 nitrogen and oxygen atoms in total. The number of morpholine rings is 1. The van der Waals surface area contributed by atoms with E-state index in [9.17, 15) is 9.59 Å². The Bertz CT molecular complexity index is 425. The lowest BCUT2D eigenvalue weighted by molar-refractivity contribution is -0.142. The van der Waals surface area contributed by atoms with E-state index >= 15 is 0 Å². The van der Waals surface area contributed by atoms with Gasteiger partial charge in [0.1, 0.15) is 6.04 Å². The van der Waals surface area contributed by atoms with Gasteiger partial charge in [-0.3, -0.25) is 9.59 Å². The van der Waals surface area contributed by atoms with Crippen molar-refractivity contribution < 1.29 is 14.3 Å². The molecule has 2 heterocycles. The zero-order valence-corrected chi connectivity index (χ0v) is 13.3. The van der Waals surface area contributed by atoms with Gasteiger partial charge in [0.15, 0.2) is 0 Å². The Morgan fingerprint density at radius 1 is 1.32 bits per heavy atom. The first-order valence-electron chi connectivity index (χ1n) is 8.56. The number of nitrogens with zero attached hydrogens (tertiary/aromatic N) is 1. The van der Waals surface area contributed by atoms with E-state index in [1.54, 1.807) is 0 Å². The number of hydrogen-bond donors (Lipinski definition) is 2. The highest BCUT2D eigenvalue weighted by Crippen LogP contribution is 2.28. The van der Waals surface area contributed by atoms with Gasteiger partial charge in [-0.25, -0.2) is 0 Å². The SMILES string of the molecule is C[C@H]1OCCN[C@@H]1C(=O)N1CCCC(C(=O)NCC2CC2)C1. The minimum Gasteiger partial charge on any atom is -0.375 e. The molecule has 2 saturated heterocycles. The van der Waals surface area contributed by atoms with Crippen LogP contribution in [0.1, 0.15) is 32.6 Å². The third-order valence-corrected chi connectivity index (χ3v) is 4.95. The van der Waals surface area contributed by atoms with Crippen molar-refractivity contribution >= 4 is 11.8 Å². The molecule has 0 aromatic heterocycles. The third kappa shape index (κ3) is 3.79. The second-order valence-corrected chi connectivity index (χ2v) is 6.82. The topological polar surface area (TPSA) is 70.7 Å². The molecule has 3 atom stereocenters. The van der Waals surface area contributed by atoms with Crippen LogP contribution in [0.2, 0.25) is 0 Å². The predicted octanol–water partition coefficient (Wildman–Crippen LogP) is 0.128. The fourth-order valence-corrected chi connectivity index (χ4v) is 3.31. The summed E-state index contributed by atoms with van der Waals surface area (Å²) in [6.07, 6.45) is 4.15. The van der Waals surface area contributed by atoms with Crippen LogP contribution in [0.25, 0.3) is 0 Å². The van der Waals surface area contributed by atoms with Crippen molar-refractivity contribution in [1.82, 2.24) is 15.5 Å². The fraction of sp³-hybridized carbons (Fsp3) is 0.875. The maximum atomic E-state index is 12.7. The average molecular weight is 309 g/mol. The zero-order chi connectivity index (χ0) is 15.5. The van der Waals surface area contributed by atoms with Crippen LogP contribution < -0.4 is 10.6 Å². The highest BCUT2D eigenvalue weighted by molar-refractivity contribution is 5.84. The van der Waals surface area contributed by atoms with Crippen molar-refractivity contribution in [3.63, 3.8) is 0 Å². The average Bonchev–Trinajstić information content (AvgIpc) is 3.37. The molecule has 2 aliphatic heterocycles. The van der Waals surface area contributed by atoms with E-state index in [-0.39, 0.29) is 29.9 Å². The molecule has 3 rings (SSSR count). The smallest absolute Gasteiger partial charge is 0.242 e. The van der Waals surface area contributed by atoms with Gasteiger partial charge in [-0.15, -0.1) is 0 Å². The summed E-state index contributed by atoms with van der Waals surface area (Å²) in [7, 11) is 0. The Morgan fingerprint density at radius 2 is 2.14 bits per heavy atom. The van der Waals surface area contributed by atoms with Gasteiger partial charge in [0, 0.05) is 26.2 Å². The van der Waals surface area contributed by atoms with E-state index < -0.39 is 0 Å². The number of carbonyl (C=O) groups is 2. The summed E-state index contributed by atoms with van der Waals surface area (Å²) in [6, 6.07) is -0.276. The maximum absolute atomic E-state index is 12.7. The first kappa shape index (κ1) is 15.7. The van der Waals surface area contributed by atoms with E-state index in [2.05, 4.69) is 10.6 Å². The molecule has 0 aromatic rings. The number of hydrogen-bond acceptors (Lipinski definition) is 4. The fourth-order valence-electron chi connectivity index (χ4n) is 3.31. The monoisotopic (exact) mass is 309 g/mol. The number of piperidine rings is 1. The summed E-state index contributed by atoms with van der Waals surface area (Å²) >= 11 is 0. The Labute approximate surface area is 131 Å². The number of likely N-dealkylation sites (tertiary alicyclic amines) is 1. The quantitative estimate of drug-likeness (QED) is 0.774. The minimum atomic E-state index is -0.276. The molecular formula is C16H27N3O3. The van der Waals surface area contributed by atoms with E-state index in [0.29, 0.717) is 25.6 Å². The lowest BCUT2D eigenvalue weighted by Crippen LogP contribution is -2.58. The molecule has 1 aliphatic carbocycles. The number of amides is 2. The molecule has 0 spiro atoms. The lowest BCUT2D eigenvalue weighted by Gasteiger charge is -2.37. The third-order valence-electron chi connectivity index (χ3n) is 4.95. The molecule has 3 fully saturated rings. The standard InChI is InChI=1S/C16H27N3O3/c1-11-14(17-6-8-22-11)16(21)19-7-2-3-13(10-19)15(20)18-9-12-4-5-12/h11-14,17H,2-10H2,1H3,(H,18,20)/t11-,13?,14+/m1/s1. The number of ether oxygens (including phenoxy) is 1. The van der Waals surface area contributed by atoms with Crippen molar-refractivity contribution in [1.29, 1.82) is 0 Å². The van der Waals surface area contributed by atoms with Crippen LogP contribution in [0, 0.1) is 11.8 Å². The van der Waals surface area contributed by atoms with Gasteiger partial charge in [0.05, 0.1) is 18.6 Å². The van der Waals surface area contributed by atoms with E-state index in [4.69, 9.17) is 4.74 Å². The summed E-state index contributed by atoms with van der Waals surface area (Å²) in [5, 5.41) is 6.29. The Hall–Kier alpha value is -1.14. The van der Waals surface area contributed by atoms with Crippen LogP contribution in [-0.4, -0.2) is 61.6 Å². The van der Waals surface area contributed by atoms with Crippen molar-refractivity contribution in [2.75, 3.05) is 32.8 Å². The molecule has 22 heavy (non-hydrogen) atoms. The van der Waals surface area contributed by atoms with E-state index in [0.717, 1.165) is 25.9 Å². The molecule has 1 saturated carbocycles. The Morgan fingerprint density at radius 3 is 2.86 bits per heavy atom. The predicted molar refractivity (Wildman–Crippen MR) is 82.2 cm³/mol. The number of nitrogens with one attached hydrogen (secondary N) is 2. The van der Waals surface area contributed by atoms with Crippen molar-refractivity contribution in [3.8, 4) is 0 Å². The van der Waals surface area contributed by atoms with Crippen molar-refractivity contribution in [2.24, 2.45) is 11.8 Å². The Balaban J connectivity index is 1.52. The first-order chi connectivity index (χ1) is 10.6. The van der Waals surface area contributed by atoms with Gasteiger partial charge in [0.2, 0.25) is 11.8 Å². The van der Waals surface area contributed by atoms with Crippen molar-refractivity contribution in [2.45, 2.75) is 44.8 Å². The molecule has 3 aliphatic rings. The molecule has 2 amide bonds. The number of carbonyl (C=O) groups excluding carboxylic acids is 2. The molecular weight excluding hydrogens is 282 g/mol. The molecule has 0 aromatic carbocycles. The summed E-state index contributed by atoms with van der Waals surface area (Å²) in [5.74, 6) is 0.822. The summed E-state index contributed by atoms with van der Waals surface area (Å²) in [6.45, 7) is 5.38. The van der Waals surface area contributed by atoms with Crippen LogP contribution in [-0.2, 0) is 14.3 Å². The highest BCUT2D eigenvalue weighted by Gasteiger charge is 2.35. The van der Waals surface area contributed by atoms with Gasteiger partial charge in [0.25, 0.3) is 0 Å². The maximum Gasteiger partial charge on any atom is 0.242 e. The van der Waals surface area contributed by atoms with Crippen molar-refractivity contribution in [3.05, 3.63) is 0 Å². The van der Waals surface area contributed by atoms with Gasteiger partial charge < -0.3 is 20.3 Å². The van der Waals surface area contributed by atoms with Crippen LogP contribution in [0.3, 0.4) is 0 Å². The van der Waals surface area contributed by atoms with E-state index in [1.807, 2.05) is 11.8 Å². The van der Waals surface area contributed by atoms with Crippen LogP contribution in [0.15, 0.2) is 0 Å². The largest absolute Gasteiger partial charge is 0.375 e. The van der Waals surface area contributed by atoms with Gasteiger partial charge >= 0.3 is 0 Å². The second kappa shape index (κ2) is 6.96. The lowest BCUT2D eigenvalue weighted by atomic mass is 9.96. The van der Waals surface area contributed by atoms with Crippen LogP contribution >= 0.6 is 0 Å². The van der Waals surface area contributed by atoms with Crippen LogP contribution in [0.4, 0.5) is 0 Å². The Kier molecular flexibility index (Phi) is 4.98. The molecule has 1 unspecified atom stereocenters. The van der Waals surface area contributed by atoms with Gasteiger partial charge in [-0.1, -0.05) is 0 Å². The van der Waals surface area contributed by atoms with Gasteiger partial charge in [-0.2, -0.15) is 0 Å². The normalized spacial score (nSPS) is 32.6. The molecule has 0 bridgehead atoms. The molecule has 6 heteroatoms. The van der Waals surface area contributed by atoms with E-state index in [1.165, 1.54) is 12.8 Å². The minimum absolute atomic E-state index is 0.0590. The van der Waals surface area contributed by atoms with Gasteiger partial charge in [-0.05, 0) is 38.5 Å².